The number of hydrogen-bond donors (Lipinski definition) is 2. The molecule has 5 nitrogen and oxygen atoms in total. The summed E-state index contributed by atoms with van der Waals surface area (Å²) in [6, 6.07) is 7.95. The molecule has 144 valence electrons. The van der Waals surface area contributed by atoms with E-state index in [0.717, 1.165) is 68.7 Å². The van der Waals surface area contributed by atoms with Crippen molar-refractivity contribution in [2.45, 2.75) is 19.8 Å². The molecule has 0 aromatic heterocycles. The predicted molar refractivity (Wildman–Crippen MR) is 119 cm³/mol. The van der Waals surface area contributed by atoms with E-state index in [1.165, 1.54) is 0 Å². The van der Waals surface area contributed by atoms with Crippen LogP contribution in [0.5, 0.6) is 0 Å². The van der Waals surface area contributed by atoms with Gasteiger partial charge in [0.1, 0.15) is 0 Å². The van der Waals surface area contributed by atoms with E-state index in [0.29, 0.717) is 0 Å². The Bertz CT molecular complexity index is 488. The van der Waals surface area contributed by atoms with Crippen LogP contribution in [0.1, 0.15) is 18.9 Å². The molecule has 0 spiro atoms. The fraction of sp³-hybridized carbons (Fsp3) is 0.611. The highest BCUT2D eigenvalue weighted by Gasteiger charge is 2.01. The second-order valence-corrected chi connectivity index (χ2v) is 6.09. The maximum Gasteiger partial charge on any atom is 0.191 e. The molecule has 0 fully saturated rings. The largest absolute Gasteiger partial charge is 0.383 e. The third-order valence-corrected chi connectivity index (χ3v) is 4.00. The van der Waals surface area contributed by atoms with Crippen molar-refractivity contribution in [3.05, 3.63) is 34.9 Å². The third-order valence-electron chi connectivity index (χ3n) is 3.63. The summed E-state index contributed by atoms with van der Waals surface area (Å²) in [5.41, 5.74) is 1.15. The van der Waals surface area contributed by atoms with E-state index in [9.17, 15) is 0 Å². The first kappa shape index (κ1) is 24.4. The summed E-state index contributed by atoms with van der Waals surface area (Å²) in [6.07, 6.45) is 1.91. The molecule has 0 aliphatic rings. The molecular weight excluding hydrogens is 451 g/mol. The van der Waals surface area contributed by atoms with Crippen molar-refractivity contribution in [1.29, 1.82) is 0 Å². The minimum atomic E-state index is 0. The normalized spacial score (nSPS) is 11.3. The van der Waals surface area contributed by atoms with Crippen molar-refractivity contribution in [1.82, 2.24) is 15.5 Å². The number of nitrogens with zero attached hydrogens (tertiary/aromatic N) is 2. The van der Waals surface area contributed by atoms with Crippen LogP contribution >= 0.6 is 35.6 Å². The first-order valence-electron chi connectivity index (χ1n) is 8.60. The summed E-state index contributed by atoms with van der Waals surface area (Å²) in [4.78, 5) is 6.88. The maximum absolute atomic E-state index is 6.18. The Balaban J connectivity index is 0.00000576. The second-order valence-electron chi connectivity index (χ2n) is 5.68. The highest BCUT2D eigenvalue weighted by molar-refractivity contribution is 14.0. The van der Waals surface area contributed by atoms with Crippen molar-refractivity contribution in [3.63, 3.8) is 0 Å². The van der Waals surface area contributed by atoms with Crippen LogP contribution < -0.4 is 10.6 Å². The number of guanidine groups is 1. The van der Waals surface area contributed by atoms with Crippen LogP contribution in [0.15, 0.2) is 29.3 Å². The molecule has 1 rings (SSSR count). The Hall–Kier alpha value is -0.570. The van der Waals surface area contributed by atoms with E-state index in [-0.39, 0.29) is 24.0 Å². The molecule has 1 aromatic carbocycles. The zero-order valence-electron chi connectivity index (χ0n) is 15.6. The average molecular weight is 483 g/mol. The SMILES string of the molecule is CCNC(=NCCCN(C)CCOC)NCCc1ccccc1Cl.I. The number of rotatable bonds is 11. The van der Waals surface area contributed by atoms with Gasteiger partial charge in [0.15, 0.2) is 5.96 Å². The van der Waals surface area contributed by atoms with Gasteiger partial charge in [0.25, 0.3) is 0 Å². The Morgan fingerprint density at radius 2 is 2.00 bits per heavy atom. The lowest BCUT2D eigenvalue weighted by Crippen LogP contribution is -2.38. The molecule has 0 atom stereocenters. The van der Waals surface area contributed by atoms with E-state index >= 15 is 0 Å². The van der Waals surface area contributed by atoms with E-state index in [4.69, 9.17) is 16.3 Å². The summed E-state index contributed by atoms with van der Waals surface area (Å²) in [5, 5.41) is 7.46. The number of nitrogens with one attached hydrogen (secondary N) is 2. The van der Waals surface area contributed by atoms with Gasteiger partial charge in [-0.05, 0) is 45.0 Å². The Labute approximate surface area is 174 Å². The van der Waals surface area contributed by atoms with Crippen LogP contribution in [0, 0.1) is 0 Å². The van der Waals surface area contributed by atoms with Gasteiger partial charge in [-0.3, -0.25) is 4.99 Å². The van der Waals surface area contributed by atoms with E-state index in [2.05, 4.69) is 40.6 Å². The first-order valence-corrected chi connectivity index (χ1v) is 8.98. The van der Waals surface area contributed by atoms with Gasteiger partial charge in [0.2, 0.25) is 0 Å². The monoisotopic (exact) mass is 482 g/mol. The number of hydrogen-bond acceptors (Lipinski definition) is 3. The molecule has 0 radical (unpaired) electrons. The Morgan fingerprint density at radius 3 is 2.68 bits per heavy atom. The molecule has 1 aromatic rings. The van der Waals surface area contributed by atoms with Gasteiger partial charge < -0.3 is 20.3 Å². The van der Waals surface area contributed by atoms with Gasteiger partial charge in [-0.2, -0.15) is 0 Å². The standard InChI is InChI=1S/C18H31ClN4O.HI/c1-4-20-18(21-11-7-13-23(2)14-15-24-3)22-12-10-16-8-5-6-9-17(16)19;/h5-6,8-9H,4,7,10-15H2,1-3H3,(H2,20,21,22);1H. The van der Waals surface area contributed by atoms with E-state index < -0.39 is 0 Å². The first-order chi connectivity index (χ1) is 11.7. The smallest absolute Gasteiger partial charge is 0.191 e. The van der Waals surface area contributed by atoms with Crippen molar-refractivity contribution < 1.29 is 4.74 Å². The highest BCUT2D eigenvalue weighted by atomic mass is 127. The molecule has 25 heavy (non-hydrogen) atoms. The number of likely N-dealkylation sites (N-methyl/N-ethyl adjacent to an activating group) is 1. The van der Waals surface area contributed by atoms with Crippen LogP contribution in [0.4, 0.5) is 0 Å². The van der Waals surface area contributed by atoms with Gasteiger partial charge in [-0.15, -0.1) is 24.0 Å². The van der Waals surface area contributed by atoms with Crippen molar-refractivity contribution >= 4 is 41.5 Å². The van der Waals surface area contributed by atoms with Gasteiger partial charge in [0, 0.05) is 38.3 Å². The molecule has 0 aliphatic heterocycles. The topological polar surface area (TPSA) is 48.9 Å². The molecule has 0 unspecified atom stereocenters. The summed E-state index contributed by atoms with van der Waals surface area (Å²) in [5.74, 6) is 0.865. The summed E-state index contributed by atoms with van der Waals surface area (Å²) < 4.78 is 5.08. The second kappa shape index (κ2) is 15.7. The quantitative estimate of drug-likeness (QED) is 0.220. The number of benzene rings is 1. The molecule has 0 amide bonds. The maximum atomic E-state index is 6.18. The Kier molecular flexibility index (Phi) is 15.3. The van der Waals surface area contributed by atoms with Gasteiger partial charge in [-0.1, -0.05) is 29.8 Å². The lowest BCUT2D eigenvalue weighted by Gasteiger charge is -2.15. The highest BCUT2D eigenvalue weighted by Crippen LogP contribution is 2.14. The average Bonchev–Trinajstić information content (AvgIpc) is 2.58. The lowest BCUT2D eigenvalue weighted by molar-refractivity contribution is 0.161. The molecule has 2 N–H and O–H groups in total. The van der Waals surface area contributed by atoms with Crippen LogP contribution in [0.2, 0.25) is 5.02 Å². The fourth-order valence-electron chi connectivity index (χ4n) is 2.25. The number of methoxy groups -OCH3 is 1. The van der Waals surface area contributed by atoms with E-state index in [1.807, 2.05) is 18.2 Å². The van der Waals surface area contributed by atoms with Crippen LogP contribution in [-0.4, -0.2) is 64.3 Å². The van der Waals surface area contributed by atoms with Crippen LogP contribution in [0.3, 0.4) is 0 Å². The molecular formula is C18H32ClIN4O. The molecule has 0 aliphatic carbocycles. The summed E-state index contributed by atoms with van der Waals surface area (Å²) in [7, 11) is 3.84. The zero-order valence-corrected chi connectivity index (χ0v) is 18.6. The molecule has 0 bridgehead atoms. The molecule has 0 saturated heterocycles. The van der Waals surface area contributed by atoms with Crippen molar-refractivity contribution in [3.8, 4) is 0 Å². The van der Waals surface area contributed by atoms with Crippen molar-refractivity contribution in [2.24, 2.45) is 4.99 Å². The van der Waals surface area contributed by atoms with Gasteiger partial charge >= 0.3 is 0 Å². The zero-order chi connectivity index (χ0) is 17.6. The molecule has 0 heterocycles. The number of ether oxygens (including phenoxy) is 1. The molecule has 0 saturated carbocycles. The van der Waals surface area contributed by atoms with Gasteiger partial charge in [-0.25, -0.2) is 0 Å². The fourth-order valence-corrected chi connectivity index (χ4v) is 2.48. The Morgan fingerprint density at radius 1 is 1.24 bits per heavy atom. The van der Waals surface area contributed by atoms with Crippen LogP contribution in [0.25, 0.3) is 0 Å². The van der Waals surface area contributed by atoms with Crippen LogP contribution in [-0.2, 0) is 11.2 Å². The summed E-state index contributed by atoms with van der Waals surface area (Å²) >= 11 is 6.18. The molecule has 7 heteroatoms. The van der Waals surface area contributed by atoms with Gasteiger partial charge in [0.05, 0.1) is 6.61 Å². The number of aliphatic imine (C=N–C) groups is 1. The predicted octanol–water partition coefficient (Wildman–Crippen LogP) is 3.02. The minimum absolute atomic E-state index is 0. The van der Waals surface area contributed by atoms with Crippen molar-refractivity contribution in [2.75, 3.05) is 53.5 Å². The lowest BCUT2D eigenvalue weighted by atomic mass is 10.1. The van der Waals surface area contributed by atoms with E-state index in [1.54, 1.807) is 7.11 Å². The third kappa shape index (κ3) is 11.6. The number of halogens is 2. The minimum Gasteiger partial charge on any atom is -0.383 e. The summed E-state index contributed by atoms with van der Waals surface area (Å²) in [6.45, 7) is 7.28.